The molecule has 1 heterocycles. The van der Waals surface area contributed by atoms with E-state index in [9.17, 15) is 9.18 Å². The van der Waals surface area contributed by atoms with E-state index in [1.54, 1.807) is 20.3 Å². The average Bonchev–Trinajstić information content (AvgIpc) is 2.85. The molecule has 34 heavy (non-hydrogen) atoms. The number of amides is 1. The zero-order chi connectivity index (χ0) is 24.2. The second-order valence-corrected chi connectivity index (χ2v) is 8.30. The molecule has 0 saturated carbocycles. The van der Waals surface area contributed by atoms with Gasteiger partial charge in [0.1, 0.15) is 6.04 Å². The normalized spacial score (nSPS) is 16.4. The first-order valence-corrected chi connectivity index (χ1v) is 11.1. The van der Waals surface area contributed by atoms with Crippen molar-refractivity contribution in [2.45, 2.75) is 24.9 Å². The maximum absolute atomic E-state index is 14.5. The highest BCUT2D eigenvalue weighted by molar-refractivity contribution is 5.81. The van der Waals surface area contributed by atoms with E-state index in [1.807, 2.05) is 48.5 Å². The maximum atomic E-state index is 14.5. The number of nitrogens with two attached hydrogens (primary N) is 1. The third-order valence-electron chi connectivity index (χ3n) is 6.41. The molecule has 0 saturated heterocycles. The number of primary amides is 1. The molecule has 0 radical (unpaired) electrons. The molecule has 4 rings (SSSR count). The van der Waals surface area contributed by atoms with Crippen LogP contribution < -0.4 is 19.9 Å². The Morgan fingerprint density at radius 1 is 1.00 bits per heavy atom. The summed E-state index contributed by atoms with van der Waals surface area (Å²) in [5.74, 6) is 0.587. The van der Waals surface area contributed by atoms with E-state index in [1.165, 1.54) is 13.2 Å². The number of hydrogen-bond acceptors (Lipinski definition) is 5. The third kappa shape index (κ3) is 4.56. The monoisotopic (exact) mass is 464 g/mol. The van der Waals surface area contributed by atoms with Crippen molar-refractivity contribution >= 4 is 5.91 Å². The van der Waals surface area contributed by atoms with Crippen LogP contribution in [0.1, 0.15) is 34.3 Å². The van der Waals surface area contributed by atoms with E-state index in [4.69, 9.17) is 19.9 Å². The van der Waals surface area contributed by atoms with E-state index in [0.717, 1.165) is 22.3 Å². The minimum atomic E-state index is -0.629. The zero-order valence-corrected chi connectivity index (χ0v) is 19.6. The molecule has 3 aromatic carbocycles. The lowest BCUT2D eigenvalue weighted by molar-refractivity contribution is -0.124. The second-order valence-electron chi connectivity index (χ2n) is 8.30. The van der Waals surface area contributed by atoms with E-state index < -0.39 is 17.8 Å². The molecule has 1 aliphatic heterocycles. The van der Waals surface area contributed by atoms with E-state index in [-0.39, 0.29) is 11.8 Å². The molecular weight excluding hydrogens is 435 g/mol. The van der Waals surface area contributed by atoms with Gasteiger partial charge in [-0.15, -0.1) is 0 Å². The highest BCUT2D eigenvalue weighted by Crippen LogP contribution is 2.42. The summed E-state index contributed by atoms with van der Waals surface area (Å²) in [4.78, 5) is 14.8. The Bertz CT molecular complexity index is 1170. The van der Waals surface area contributed by atoms with Crippen molar-refractivity contribution < 1.29 is 23.4 Å². The van der Waals surface area contributed by atoms with E-state index in [0.29, 0.717) is 30.9 Å². The number of benzene rings is 3. The fraction of sp³-hybridized carbons (Fsp3) is 0.296. The van der Waals surface area contributed by atoms with Gasteiger partial charge in [-0.2, -0.15) is 0 Å². The molecule has 0 fully saturated rings. The Morgan fingerprint density at radius 2 is 1.68 bits per heavy atom. The van der Waals surface area contributed by atoms with Gasteiger partial charge in [-0.3, -0.25) is 9.69 Å². The van der Waals surface area contributed by atoms with Gasteiger partial charge in [-0.25, -0.2) is 4.39 Å². The molecule has 1 amide bonds. The number of fused-ring (bicyclic) bond motifs is 1. The lowest BCUT2D eigenvalue weighted by atomic mass is 9.86. The van der Waals surface area contributed by atoms with Crippen molar-refractivity contribution in [1.82, 2.24) is 4.90 Å². The summed E-state index contributed by atoms with van der Waals surface area (Å²) in [7, 11) is 4.64. The predicted molar refractivity (Wildman–Crippen MR) is 128 cm³/mol. The van der Waals surface area contributed by atoms with Crippen molar-refractivity contribution in [3.05, 3.63) is 88.7 Å². The summed E-state index contributed by atoms with van der Waals surface area (Å²) in [5.41, 5.74) is 9.65. The first-order valence-electron chi connectivity index (χ1n) is 11.1. The first-order chi connectivity index (χ1) is 16.5. The standard InChI is InChI=1S/C27H29FN2O4/c1-32-23-10-9-17(13-21(23)28)14-22-20-16-25(34-3)24(33-2)15-19(20)11-12-30(22)26(27(29)31)18-7-5-4-6-8-18/h4-10,13,15-16,22,26H,11-12,14H2,1-3H3,(H2,29,31). The van der Waals surface area contributed by atoms with Gasteiger partial charge in [0, 0.05) is 12.6 Å². The molecule has 3 aromatic rings. The third-order valence-corrected chi connectivity index (χ3v) is 6.41. The van der Waals surface area contributed by atoms with Crippen molar-refractivity contribution in [2.24, 2.45) is 5.73 Å². The summed E-state index contributed by atoms with van der Waals surface area (Å²) < 4.78 is 30.7. The first kappa shape index (κ1) is 23.6. The number of ether oxygens (including phenoxy) is 3. The van der Waals surface area contributed by atoms with Crippen LogP contribution in [-0.2, 0) is 17.6 Å². The largest absolute Gasteiger partial charge is 0.494 e. The SMILES string of the molecule is COc1ccc(CC2c3cc(OC)c(OC)cc3CCN2C(C(N)=O)c2ccccc2)cc1F. The molecule has 0 bridgehead atoms. The van der Waals surface area contributed by atoms with Crippen LogP contribution in [-0.4, -0.2) is 38.7 Å². The van der Waals surface area contributed by atoms with Gasteiger partial charge in [0.25, 0.3) is 0 Å². The highest BCUT2D eigenvalue weighted by atomic mass is 19.1. The molecule has 2 atom stereocenters. The Balaban J connectivity index is 1.82. The number of carbonyl (C=O) groups is 1. The maximum Gasteiger partial charge on any atom is 0.239 e. The summed E-state index contributed by atoms with van der Waals surface area (Å²) in [6.45, 7) is 0.605. The summed E-state index contributed by atoms with van der Waals surface area (Å²) in [5, 5.41) is 0. The number of carbonyl (C=O) groups excluding carboxylic acids is 1. The van der Waals surface area contributed by atoms with Crippen LogP contribution in [0.4, 0.5) is 4.39 Å². The minimum Gasteiger partial charge on any atom is -0.494 e. The van der Waals surface area contributed by atoms with Crippen LogP contribution in [0.3, 0.4) is 0 Å². The Labute approximate surface area is 199 Å². The molecular formula is C27H29FN2O4. The Morgan fingerprint density at radius 3 is 2.29 bits per heavy atom. The molecule has 1 aliphatic rings. The molecule has 0 aliphatic carbocycles. The van der Waals surface area contributed by atoms with Crippen LogP contribution in [0.2, 0.25) is 0 Å². The van der Waals surface area contributed by atoms with Gasteiger partial charge in [-0.05, 0) is 59.4 Å². The number of methoxy groups -OCH3 is 3. The van der Waals surface area contributed by atoms with Crippen molar-refractivity contribution in [2.75, 3.05) is 27.9 Å². The van der Waals surface area contributed by atoms with E-state index in [2.05, 4.69) is 4.90 Å². The lowest BCUT2D eigenvalue weighted by Gasteiger charge is -2.41. The van der Waals surface area contributed by atoms with Crippen molar-refractivity contribution in [3.63, 3.8) is 0 Å². The van der Waals surface area contributed by atoms with Crippen LogP contribution >= 0.6 is 0 Å². The zero-order valence-electron chi connectivity index (χ0n) is 19.6. The number of halogens is 1. The molecule has 0 aromatic heterocycles. The molecule has 178 valence electrons. The summed E-state index contributed by atoms with van der Waals surface area (Å²) in [6, 6.07) is 17.5. The predicted octanol–water partition coefficient (Wildman–Crippen LogP) is 4.22. The molecule has 0 spiro atoms. The van der Waals surface area contributed by atoms with E-state index >= 15 is 0 Å². The van der Waals surface area contributed by atoms with Gasteiger partial charge in [0.2, 0.25) is 5.91 Å². The number of rotatable bonds is 8. The van der Waals surface area contributed by atoms with Crippen LogP contribution in [0.25, 0.3) is 0 Å². The Hall–Kier alpha value is -3.58. The van der Waals surface area contributed by atoms with Crippen LogP contribution in [0.5, 0.6) is 17.2 Å². The topological polar surface area (TPSA) is 74.0 Å². The number of nitrogens with zero attached hydrogens (tertiary/aromatic N) is 1. The van der Waals surface area contributed by atoms with Gasteiger partial charge in [-0.1, -0.05) is 36.4 Å². The molecule has 6 nitrogen and oxygen atoms in total. The van der Waals surface area contributed by atoms with Crippen molar-refractivity contribution in [1.29, 1.82) is 0 Å². The Kier molecular flexibility index (Phi) is 7.03. The summed E-state index contributed by atoms with van der Waals surface area (Å²) >= 11 is 0. The highest BCUT2D eigenvalue weighted by Gasteiger charge is 2.37. The fourth-order valence-electron chi connectivity index (χ4n) is 4.80. The van der Waals surface area contributed by atoms with Crippen LogP contribution in [0, 0.1) is 5.82 Å². The smallest absolute Gasteiger partial charge is 0.239 e. The van der Waals surface area contributed by atoms with Gasteiger partial charge >= 0.3 is 0 Å². The van der Waals surface area contributed by atoms with Crippen molar-refractivity contribution in [3.8, 4) is 17.2 Å². The minimum absolute atomic E-state index is 0.190. The van der Waals surface area contributed by atoms with Gasteiger partial charge in [0.05, 0.1) is 21.3 Å². The second kappa shape index (κ2) is 10.1. The average molecular weight is 465 g/mol. The lowest BCUT2D eigenvalue weighted by Crippen LogP contribution is -2.44. The molecule has 7 heteroatoms. The quantitative estimate of drug-likeness (QED) is 0.540. The molecule has 2 N–H and O–H groups in total. The number of hydrogen-bond donors (Lipinski definition) is 1. The van der Waals surface area contributed by atoms with Gasteiger partial charge < -0.3 is 19.9 Å². The fourth-order valence-corrected chi connectivity index (χ4v) is 4.80. The van der Waals surface area contributed by atoms with Crippen LogP contribution in [0.15, 0.2) is 60.7 Å². The summed E-state index contributed by atoms with van der Waals surface area (Å²) in [6.07, 6.45) is 1.18. The van der Waals surface area contributed by atoms with Gasteiger partial charge in [0.15, 0.2) is 23.1 Å². The molecule has 2 unspecified atom stereocenters.